The van der Waals surface area contributed by atoms with Crippen molar-refractivity contribution in [1.29, 1.82) is 0 Å². The number of carboxylic acid groups (broad SMARTS) is 1. The summed E-state index contributed by atoms with van der Waals surface area (Å²) in [5.41, 5.74) is 3.74. The Morgan fingerprint density at radius 1 is 1.35 bits per heavy atom. The Balaban J connectivity index is 2.81. The molecule has 0 saturated carbocycles. The van der Waals surface area contributed by atoms with E-state index in [9.17, 15) is 4.79 Å². The highest BCUT2D eigenvalue weighted by molar-refractivity contribution is 5.66. The van der Waals surface area contributed by atoms with Crippen molar-refractivity contribution < 1.29 is 9.90 Å². The molecule has 0 atom stereocenters. The zero-order valence-electron chi connectivity index (χ0n) is 10.9. The molecule has 0 aromatic heterocycles. The maximum atomic E-state index is 10.5. The molecule has 0 saturated heterocycles. The minimum absolute atomic E-state index is 0.239. The monoisotopic (exact) mass is 235 g/mol. The quantitative estimate of drug-likeness (QED) is 0.824. The number of hydrogen-bond donors (Lipinski definition) is 1. The Bertz CT molecular complexity index is 386. The zero-order valence-corrected chi connectivity index (χ0v) is 10.9. The van der Waals surface area contributed by atoms with Crippen LogP contribution in [0.25, 0.3) is 0 Å². The van der Waals surface area contributed by atoms with Crippen molar-refractivity contribution >= 4 is 11.7 Å². The molecule has 0 spiro atoms. The summed E-state index contributed by atoms with van der Waals surface area (Å²) >= 11 is 0. The lowest BCUT2D eigenvalue weighted by atomic mass is 10.0. The van der Waals surface area contributed by atoms with Crippen LogP contribution in [0.3, 0.4) is 0 Å². The van der Waals surface area contributed by atoms with Crippen molar-refractivity contribution in [2.45, 2.75) is 32.6 Å². The Hall–Kier alpha value is -1.51. The van der Waals surface area contributed by atoms with Crippen molar-refractivity contribution in [2.24, 2.45) is 0 Å². The first-order valence-corrected chi connectivity index (χ1v) is 6.05. The second-order valence-corrected chi connectivity index (χ2v) is 4.46. The molecular weight excluding hydrogens is 214 g/mol. The fraction of sp³-hybridized carbons (Fsp3) is 0.500. The van der Waals surface area contributed by atoms with Crippen molar-refractivity contribution in [3.63, 3.8) is 0 Å². The molecule has 3 nitrogen and oxygen atoms in total. The van der Waals surface area contributed by atoms with Gasteiger partial charge in [-0.1, -0.05) is 19.1 Å². The van der Waals surface area contributed by atoms with Crippen LogP contribution < -0.4 is 4.90 Å². The second-order valence-electron chi connectivity index (χ2n) is 4.46. The Labute approximate surface area is 103 Å². The molecule has 1 rings (SSSR count). The Kier molecular flexibility index (Phi) is 5.01. The molecule has 0 aliphatic rings. The van der Waals surface area contributed by atoms with Crippen LogP contribution in [-0.4, -0.2) is 25.2 Å². The average molecular weight is 235 g/mol. The number of carbonyl (C=O) groups is 1. The van der Waals surface area contributed by atoms with Gasteiger partial charge in [0, 0.05) is 26.2 Å². The van der Waals surface area contributed by atoms with Gasteiger partial charge in [0.15, 0.2) is 0 Å². The van der Waals surface area contributed by atoms with E-state index in [1.54, 1.807) is 0 Å². The van der Waals surface area contributed by atoms with Gasteiger partial charge in [0.05, 0.1) is 0 Å². The van der Waals surface area contributed by atoms with Gasteiger partial charge in [-0.05, 0) is 36.5 Å². The fourth-order valence-corrected chi connectivity index (χ4v) is 1.93. The van der Waals surface area contributed by atoms with Crippen LogP contribution >= 0.6 is 0 Å². The van der Waals surface area contributed by atoms with Gasteiger partial charge in [0.1, 0.15) is 0 Å². The van der Waals surface area contributed by atoms with Crippen molar-refractivity contribution in [2.75, 3.05) is 19.0 Å². The third kappa shape index (κ3) is 4.10. The van der Waals surface area contributed by atoms with E-state index in [2.05, 4.69) is 30.0 Å². The zero-order chi connectivity index (χ0) is 12.8. The molecule has 1 aromatic carbocycles. The topological polar surface area (TPSA) is 40.5 Å². The van der Waals surface area contributed by atoms with Crippen molar-refractivity contribution in [1.82, 2.24) is 0 Å². The Morgan fingerprint density at radius 3 is 2.59 bits per heavy atom. The number of rotatable bonds is 6. The van der Waals surface area contributed by atoms with Gasteiger partial charge in [0.2, 0.25) is 0 Å². The molecule has 0 aliphatic heterocycles. The fourth-order valence-electron chi connectivity index (χ4n) is 1.93. The predicted octanol–water partition coefficient (Wildman–Crippen LogP) is 2.72. The van der Waals surface area contributed by atoms with Gasteiger partial charge in [-0.3, -0.25) is 4.79 Å². The van der Waals surface area contributed by atoms with Crippen LogP contribution in [0.2, 0.25) is 0 Å². The second kappa shape index (κ2) is 6.28. The predicted molar refractivity (Wildman–Crippen MR) is 70.7 cm³/mol. The number of benzene rings is 1. The molecule has 0 amide bonds. The van der Waals surface area contributed by atoms with Gasteiger partial charge in [0.25, 0.3) is 0 Å². The van der Waals surface area contributed by atoms with Crippen LogP contribution in [0.15, 0.2) is 18.2 Å². The van der Waals surface area contributed by atoms with E-state index in [0.717, 1.165) is 12.8 Å². The average Bonchev–Trinajstić information content (AvgIpc) is 2.28. The van der Waals surface area contributed by atoms with E-state index < -0.39 is 5.97 Å². The van der Waals surface area contributed by atoms with E-state index in [-0.39, 0.29) is 6.42 Å². The van der Waals surface area contributed by atoms with E-state index in [1.165, 1.54) is 16.8 Å². The summed E-state index contributed by atoms with van der Waals surface area (Å²) in [6.07, 6.45) is 2.78. The lowest BCUT2D eigenvalue weighted by molar-refractivity contribution is -0.137. The first kappa shape index (κ1) is 13.6. The smallest absolute Gasteiger partial charge is 0.303 e. The van der Waals surface area contributed by atoms with Crippen LogP contribution in [0.1, 0.15) is 30.9 Å². The summed E-state index contributed by atoms with van der Waals surface area (Å²) in [6, 6.07) is 6.45. The van der Waals surface area contributed by atoms with Gasteiger partial charge >= 0.3 is 5.97 Å². The molecule has 0 aliphatic carbocycles. The summed E-state index contributed by atoms with van der Waals surface area (Å²) in [4.78, 5) is 12.6. The standard InChI is InChI=1S/C14H21NO2/c1-4-11-8-9-13(15(2)3)12(10-11)6-5-7-14(16)17/h8-10H,4-7H2,1-3H3,(H,16,17). The Morgan fingerprint density at radius 2 is 2.06 bits per heavy atom. The summed E-state index contributed by atoms with van der Waals surface area (Å²) in [7, 11) is 4.03. The van der Waals surface area contributed by atoms with E-state index in [1.807, 2.05) is 14.1 Å². The lowest BCUT2D eigenvalue weighted by Crippen LogP contribution is -2.12. The molecule has 1 aromatic rings. The number of anilines is 1. The molecule has 17 heavy (non-hydrogen) atoms. The molecular formula is C14H21NO2. The molecule has 0 bridgehead atoms. The number of nitrogens with zero attached hydrogens (tertiary/aromatic N) is 1. The number of carboxylic acids is 1. The van der Waals surface area contributed by atoms with Crippen LogP contribution in [0, 0.1) is 0 Å². The largest absolute Gasteiger partial charge is 0.481 e. The van der Waals surface area contributed by atoms with Crippen molar-refractivity contribution in [3.05, 3.63) is 29.3 Å². The minimum atomic E-state index is -0.719. The third-order valence-electron chi connectivity index (χ3n) is 2.87. The highest BCUT2D eigenvalue weighted by Crippen LogP contribution is 2.22. The normalized spacial score (nSPS) is 10.3. The molecule has 0 unspecified atom stereocenters. The number of aryl methyl sites for hydroxylation is 2. The highest BCUT2D eigenvalue weighted by atomic mass is 16.4. The van der Waals surface area contributed by atoms with Gasteiger partial charge in [-0.2, -0.15) is 0 Å². The maximum Gasteiger partial charge on any atom is 0.303 e. The van der Waals surface area contributed by atoms with Crippen LogP contribution in [-0.2, 0) is 17.6 Å². The maximum absolute atomic E-state index is 10.5. The molecule has 0 fully saturated rings. The number of aliphatic carboxylic acids is 1. The van der Waals surface area contributed by atoms with Gasteiger partial charge in [-0.15, -0.1) is 0 Å². The first-order chi connectivity index (χ1) is 8.04. The summed E-state index contributed by atoms with van der Waals surface area (Å²) in [5.74, 6) is -0.719. The molecule has 1 N–H and O–H groups in total. The summed E-state index contributed by atoms with van der Waals surface area (Å²) in [5, 5.41) is 8.66. The van der Waals surface area contributed by atoms with Crippen LogP contribution in [0.5, 0.6) is 0 Å². The minimum Gasteiger partial charge on any atom is -0.481 e. The van der Waals surface area contributed by atoms with E-state index >= 15 is 0 Å². The van der Waals surface area contributed by atoms with Crippen LogP contribution in [0.4, 0.5) is 5.69 Å². The summed E-state index contributed by atoms with van der Waals surface area (Å²) < 4.78 is 0. The molecule has 94 valence electrons. The molecule has 3 heteroatoms. The SMILES string of the molecule is CCc1ccc(N(C)C)c(CCCC(=O)O)c1. The van der Waals surface area contributed by atoms with E-state index in [4.69, 9.17) is 5.11 Å². The molecule has 0 radical (unpaired) electrons. The van der Waals surface area contributed by atoms with Gasteiger partial charge < -0.3 is 10.0 Å². The van der Waals surface area contributed by atoms with E-state index in [0.29, 0.717) is 6.42 Å². The highest BCUT2D eigenvalue weighted by Gasteiger charge is 2.06. The van der Waals surface area contributed by atoms with Gasteiger partial charge in [-0.25, -0.2) is 0 Å². The molecule has 0 heterocycles. The third-order valence-corrected chi connectivity index (χ3v) is 2.87. The van der Waals surface area contributed by atoms with Crippen molar-refractivity contribution in [3.8, 4) is 0 Å². The lowest BCUT2D eigenvalue weighted by Gasteiger charge is -2.18. The number of hydrogen-bond acceptors (Lipinski definition) is 2. The first-order valence-electron chi connectivity index (χ1n) is 6.05. The summed E-state index contributed by atoms with van der Waals surface area (Å²) in [6.45, 7) is 2.13.